The molecule has 0 fully saturated rings. The van der Waals surface area contributed by atoms with Gasteiger partial charge in [0.15, 0.2) is 0 Å². The van der Waals surface area contributed by atoms with Crippen LogP contribution in [0.5, 0.6) is 5.75 Å². The van der Waals surface area contributed by atoms with Crippen molar-refractivity contribution in [3.63, 3.8) is 0 Å². The molecule has 1 N–H and O–H groups in total. The molecule has 0 aliphatic rings. The topological polar surface area (TPSA) is 21.3 Å². The van der Waals surface area contributed by atoms with E-state index in [1.807, 2.05) is 24.3 Å². The van der Waals surface area contributed by atoms with E-state index in [4.69, 9.17) is 4.74 Å². The van der Waals surface area contributed by atoms with E-state index in [1.165, 1.54) is 5.56 Å². The Kier molecular flexibility index (Phi) is 6.08. The summed E-state index contributed by atoms with van der Waals surface area (Å²) in [6.45, 7) is 7.39. The van der Waals surface area contributed by atoms with E-state index in [2.05, 4.69) is 26.1 Å². The minimum atomic E-state index is -4.19. The van der Waals surface area contributed by atoms with Crippen molar-refractivity contribution in [2.45, 2.75) is 51.8 Å². The highest BCUT2D eigenvalue weighted by molar-refractivity contribution is 5.31. The fourth-order valence-electron chi connectivity index (χ4n) is 1.88. The van der Waals surface area contributed by atoms with Gasteiger partial charge in [-0.05, 0) is 36.5 Å². The largest absolute Gasteiger partial charge is 0.489 e. The van der Waals surface area contributed by atoms with Crippen LogP contribution >= 0.6 is 0 Å². The Morgan fingerprint density at radius 1 is 1.14 bits per heavy atom. The molecule has 0 spiro atoms. The minimum Gasteiger partial charge on any atom is -0.489 e. The van der Waals surface area contributed by atoms with Crippen LogP contribution in [0.25, 0.3) is 0 Å². The maximum atomic E-state index is 12.0. The molecule has 1 atom stereocenters. The summed E-state index contributed by atoms with van der Waals surface area (Å²) in [6, 6.07) is 7.75. The van der Waals surface area contributed by atoms with Crippen LogP contribution < -0.4 is 10.1 Å². The van der Waals surface area contributed by atoms with E-state index in [1.54, 1.807) is 6.92 Å². The van der Waals surface area contributed by atoms with Crippen LogP contribution in [0.3, 0.4) is 0 Å². The van der Waals surface area contributed by atoms with Crippen LogP contribution in [0.2, 0.25) is 0 Å². The molecule has 1 aromatic carbocycles. The molecule has 0 saturated heterocycles. The fourth-order valence-corrected chi connectivity index (χ4v) is 1.88. The molecule has 5 heteroatoms. The average molecular weight is 303 g/mol. The summed E-state index contributed by atoms with van der Waals surface area (Å²) in [7, 11) is 0. The summed E-state index contributed by atoms with van der Waals surface area (Å²) < 4.78 is 41.7. The van der Waals surface area contributed by atoms with Gasteiger partial charge in [-0.3, -0.25) is 0 Å². The number of alkyl halides is 3. The van der Waals surface area contributed by atoms with Gasteiger partial charge in [0.05, 0.1) is 6.54 Å². The highest BCUT2D eigenvalue weighted by atomic mass is 19.4. The van der Waals surface area contributed by atoms with Crippen molar-refractivity contribution in [2.24, 2.45) is 0 Å². The molecular formula is C16H24F3NO. The van der Waals surface area contributed by atoms with Gasteiger partial charge in [-0.2, -0.15) is 13.2 Å². The van der Waals surface area contributed by atoms with Crippen LogP contribution in [0, 0.1) is 0 Å². The standard InChI is InChI=1S/C16H24F3NO/c1-5-15(3,4)13-6-8-14(9-7-13)21-12(2)10-20-11-16(17,18)19/h6-9,12,20H,5,10-11H2,1-4H3. The molecule has 120 valence electrons. The second-order valence-corrected chi connectivity index (χ2v) is 5.94. The van der Waals surface area contributed by atoms with Gasteiger partial charge in [-0.25, -0.2) is 0 Å². The van der Waals surface area contributed by atoms with Gasteiger partial charge in [0.2, 0.25) is 0 Å². The first-order chi connectivity index (χ1) is 9.64. The molecule has 0 aliphatic carbocycles. The van der Waals surface area contributed by atoms with Gasteiger partial charge in [0, 0.05) is 6.54 Å². The van der Waals surface area contributed by atoms with Crippen LogP contribution in [-0.2, 0) is 5.41 Å². The Hall–Kier alpha value is -1.23. The number of hydrogen-bond acceptors (Lipinski definition) is 2. The van der Waals surface area contributed by atoms with E-state index >= 15 is 0 Å². The van der Waals surface area contributed by atoms with Gasteiger partial charge < -0.3 is 10.1 Å². The third kappa shape index (κ3) is 6.38. The number of halogens is 3. The minimum absolute atomic E-state index is 0.110. The molecule has 0 aromatic heterocycles. The second-order valence-electron chi connectivity index (χ2n) is 5.94. The number of hydrogen-bond donors (Lipinski definition) is 1. The van der Waals surface area contributed by atoms with Crippen molar-refractivity contribution in [3.05, 3.63) is 29.8 Å². The molecule has 0 amide bonds. The molecule has 1 rings (SSSR count). The zero-order chi connectivity index (χ0) is 16.1. The molecule has 21 heavy (non-hydrogen) atoms. The third-order valence-corrected chi connectivity index (χ3v) is 3.61. The Morgan fingerprint density at radius 3 is 2.19 bits per heavy atom. The molecule has 0 aliphatic heterocycles. The molecule has 1 aromatic rings. The molecular weight excluding hydrogens is 279 g/mol. The smallest absolute Gasteiger partial charge is 0.401 e. The fraction of sp³-hybridized carbons (Fsp3) is 0.625. The zero-order valence-electron chi connectivity index (χ0n) is 13.1. The van der Waals surface area contributed by atoms with Crippen molar-refractivity contribution in [1.29, 1.82) is 0 Å². The van der Waals surface area contributed by atoms with Crippen molar-refractivity contribution < 1.29 is 17.9 Å². The predicted octanol–water partition coefficient (Wildman–Crippen LogP) is 4.29. The van der Waals surface area contributed by atoms with Crippen molar-refractivity contribution in [3.8, 4) is 5.75 Å². The highest BCUT2D eigenvalue weighted by Gasteiger charge is 2.26. The first-order valence-electron chi connectivity index (χ1n) is 7.19. The monoisotopic (exact) mass is 303 g/mol. The summed E-state index contributed by atoms with van der Waals surface area (Å²) in [5.41, 5.74) is 1.33. The van der Waals surface area contributed by atoms with Gasteiger partial charge in [-0.15, -0.1) is 0 Å². The van der Waals surface area contributed by atoms with Crippen molar-refractivity contribution in [2.75, 3.05) is 13.1 Å². The van der Waals surface area contributed by atoms with E-state index < -0.39 is 12.7 Å². The maximum absolute atomic E-state index is 12.0. The number of nitrogens with one attached hydrogen (secondary N) is 1. The maximum Gasteiger partial charge on any atom is 0.401 e. The number of rotatable bonds is 7. The number of ether oxygens (including phenoxy) is 1. The molecule has 0 saturated carbocycles. The molecule has 0 heterocycles. The number of benzene rings is 1. The lowest BCUT2D eigenvalue weighted by Gasteiger charge is -2.24. The molecule has 0 radical (unpaired) electrons. The van der Waals surface area contributed by atoms with E-state index in [9.17, 15) is 13.2 Å². The summed E-state index contributed by atoms with van der Waals surface area (Å²) in [4.78, 5) is 0. The summed E-state index contributed by atoms with van der Waals surface area (Å²) in [5, 5.41) is 2.34. The predicted molar refractivity (Wildman–Crippen MR) is 78.8 cm³/mol. The lowest BCUT2D eigenvalue weighted by Crippen LogP contribution is -2.35. The van der Waals surface area contributed by atoms with Gasteiger partial charge in [0.25, 0.3) is 0 Å². The van der Waals surface area contributed by atoms with Crippen molar-refractivity contribution in [1.82, 2.24) is 5.32 Å². The second kappa shape index (κ2) is 7.16. The van der Waals surface area contributed by atoms with Crippen LogP contribution in [0.15, 0.2) is 24.3 Å². The van der Waals surface area contributed by atoms with E-state index in [0.717, 1.165) is 6.42 Å². The van der Waals surface area contributed by atoms with Crippen molar-refractivity contribution >= 4 is 0 Å². The molecule has 1 unspecified atom stereocenters. The van der Waals surface area contributed by atoms with Gasteiger partial charge in [-0.1, -0.05) is 32.9 Å². The van der Waals surface area contributed by atoms with Crippen LogP contribution in [-0.4, -0.2) is 25.4 Å². The van der Waals surface area contributed by atoms with E-state index in [-0.39, 0.29) is 18.1 Å². The Morgan fingerprint density at radius 2 is 1.71 bits per heavy atom. The first-order valence-corrected chi connectivity index (χ1v) is 7.19. The van der Waals surface area contributed by atoms with Crippen LogP contribution in [0.1, 0.15) is 39.7 Å². The summed E-state index contributed by atoms with van der Waals surface area (Å²) in [6.07, 6.45) is -3.48. The normalized spacial score (nSPS) is 14.0. The lowest BCUT2D eigenvalue weighted by molar-refractivity contribution is -0.125. The lowest BCUT2D eigenvalue weighted by atomic mass is 9.82. The SMILES string of the molecule is CCC(C)(C)c1ccc(OC(C)CNCC(F)(F)F)cc1. The third-order valence-electron chi connectivity index (χ3n) is 3.61. The van der Waals surface area contributed by atoms with E-state index in [0.29, 0.717) is 5.75 Å². The zero-order valence-corrected chi connectivity index (χ0v) is 13.1. The van der Waals surface area contributed by atoms with Crippen LogP contribution in [0.4, 0.5) is 13.2 Å². The molecule has 2 nitrogen and oxygen atoms in total. The highest BCUT2D eigenvalue weighted by Crippen LogP contribution is 2.28. The molecule has 0 bridgehead atoms. The van der Waals surface area contributed by atoms with Gasteiger partial charge >= 0.3 is 6.18 Å². The average Bonchev–Trinajstić information content (AvgIpc) is 2.37. The summed E-state index contributed by atoms with van der Waals surface area (Å²) >= 11 is 0. The Labute approximate surface area is 124 Å². The Bertz CT molecular complexity index is 426. The first kappa shape index (κ1) is 17.8. The van der Waals surface area contributed by atoms with Gasteiger partial charge in [0.1, 0.15) is 11.9 Å². The Balaban J connectivity index is 2.48. The quantitative estimate of drug-likeness (QED) is 0.811. The summed E-state index contributed by atoms with van der Waals surface area (Å²) in [5.74, 6) is 0.673.